The Morgan fingerprint density at radius 2 is 1.32 bits per heavy atom. The lowest BCUT2D eigenvalue weighted by atomic mass is 9.84. The Morgan fingerprint density at radius 3 is 2.17 bits per heavy atom. The number of hydrogen-bond donors (Lipinski definition) is 0. The van der Waals surface area contributed by atoms with E-state index in [-0.39, 0.29) is 12.0 Å². The number of ether oxygens (including phenoxy) is 1. The molecular formula is C43H31N3O. The van der Waals surface area contributed by atoms with Crippen molar-refractivity contribution >= 4 is 16.3 Å². The SMILES string of the molecule is C1=CC2Oc3ccc(-c4ccc(-c5cccc6ccccc56)cc4)c(-c4nc(C5=CCCC=C5)nc(-c5ccccc5)n4)c3C2C=C1. The van der Waals surface area contributed by atoms with Crippen LogP contribution in [0.15, 0.2) is 152 Å². The molecule has 9 rings (SSSR count). The van der Waals surface area contributed by atoms with Gasteiger partial charge in [-0.15, -0.1) is 0 Å². The van der Waals surface area contributed by atoms with Gasteiger partial charge >= 0.3 is 0 Å². The first-order chi connectivity index (χ1) is 23.3. The minimum Gasteiger partial charge on any atom is -0.485 e. The van der Waals surface area contributed by atoms with Crippen LogP contribution in [0.5, 0.6) is 5.75 Å². The zero-order valence-corrected chi connectivity index (χ0v) is 25.8. The van der Waals surface area contributed by atoms with Gasteiger partial charge in [0, 0.05) is 28.2 Å². The molecule has 1 aromatic heterocycles. The molecule has 0 saturated carbocycles. The summed E-state index contributed by atoms with van der Waals surface area (Å²) in [6.45, 7) is 0. The van der Waals surface area contributed by atoms with Crippen molar-refractivity contribution in [1.82, 2.24) is 15.0 Å². The monoisotopic (exact) mass is 605 g/mol. The molecule has 6 aromatic rings. The second kappa shape index (κ2) is 11.5. The van der Waals surface area contributed by atoms with Gasteiger partial charge in [-0.2, -0.15) is 0 Å². The Morgan fingerprint density at radius 1 is 0.574 bits per heavy atom. The molecule has 2 atom stereocenters. The molecule has 0 radical (unpaired) electrons. The third-order valence-electron chi connectivity index (χ3n) is 9.33. The van der Waals surface area contributed by atoms with E-state index in [0.717, 1.165) is 52.0 Å². The van der Waals surface area contributed by atoms with E-state index in [1.54, 1.807) is 0 Å². The Hall–Kier alpha value is -5.87. The fourth-order valence-electron chi connectivity index (χ4n) is 7.04. The number of benzene rings is 5. The van der Waals surface area contributed by atoms with Crippen LogP contribution in [0.1, 0.15) is 30.1 Å². The van der Waals surface area contributed by atoms with Gasteiger partial charge in [-0.05, 0) is 64.1 Å². The maximum Gasteiger partial charge on any atom is 0.165 e. The Kier molecular flexibility index (Phi) is 6.71. The van der Waals surface area contributed by atoms with Gasteiger partial charge in [0.25, 0.3) is 0 Å². The van der Waals surface area contributed by atoms with Gasteiger partial charge in [0.2, 0.25) is 0 Å². The van der Waals surface area contributed by atoms with Crippen LogP contribution in [0.4, 0.5) is 0 Å². The maximum atomic E-state index is 6.51. The van der Waals surface area contributed by atoms with Crippen molar-refractivity contribution in [2.75, 3.05) is 0 Å². The standard InChI is InChI=1S/C43H31N3O/c1-3-13-31(14-4-1)41-44-42(32-15-5-2-6-16-32)46-43(45-41)40-35(26-27-38-39(40)36-19-9-10-21-37(36)47-38)30-24-22-29(23-25-30)34-20-11-17-28-12-7-8-18-33(28)34/h1,3-5,7-27,36-37H,2,6H2. The van der Waals surface area contributed by atoms with Crippen molar-refractivity contribution in [2.45, 2.75) is 24.9 Å². The molecule has 2 heterocycles. The van der Waals surface area contributed by atoms with Crippen LogP contribution < -0.4 is 4.74 Å². The number of aromatic nitrogens is 3. The van der Waals surface area contributed by atoms with E-state index in [4.69, 9.17) is 19.7 Å². The van der Waals surface area contributed by atoms with Crippen LogP contribution in [0.25, 0.3) is 61.4 Å². The summed E-state index contributed by atoms with van der Waals surface area (Å²) in [5.41, 5.74) is 8.69. The molecule has 0 saturated heterocycles. The smallest absolute Gasteiger partial charge is 0.165 e. The van der Waals surface area contributed by atoms with Crippen LogP contribution in [0.2, 0.25) is 0 Å². The quantitative estimate of drug-likeness (QED) is 0.196. The van der Waals surface area contributed by atoms with Crippen LogP contribution in [-0.4, -0.2) is 21.1 Å². The third-order valence-corrected chi connectivity index (χ3v) is 9.33. The van der Waals surface area contributed by atoms with Crippen LogP contribution >= 0.6 is 0 Å². The molecule has 2 aliphatic carbocycles. The van der Waals surface area contributed by atoms with Crippen molar-refractivity contribution in [1.29, 1.82) is 0 Å². The largest absolute Gasteiger partial charge is 0.485 e. The number of hydrogen-bond acceptors (Lipinski definition) is 4. The van der Waals surface area contributed by atoms with Crippen LogP contribution in [-0.2, 0) is 0 Å². The average Bonchev–Trinajstić information content (AvgIpc) is 3.54. The highest BCUT2D eigenvalue weighted by Gasteiger charge is 2.36. The summed E-state index contributed by atoms with van der Waals surface area (Å²) < 4.78 is 6.51. The van der Waals surface area contributed by atoms with E-state index in [2.05, 4.69) is 134 Å². The lowest BCUT2D eigenvalue weighted by Gasteiger charge is -2.19. The topological polar surface area (TPSA) is 47.9 Å². The maximum absolute atomic E-state index is 6.51. The molecule has 224 valence electrons. The second-order valence-corrected chi connectivity index (χ2v) is 12.2. The lowest BCUT2D eigenvalue weighted by Crippen LogP contribution is -2.16. The Bertz CT molecular complexity index is 2270. The van der Waals surface area contributed by atoms with Gasteiger partial charge in [-0.1, -0.05) is 134 Å². The van der Waals surface area contributed by atoms with E-state index in [0.29, 0.717) is 17.5 Å². The molecule has 4 nitrogen and oxygen atoms in total. The number of allylic oxidation sites excluding steroid dienone is 6. The van der Waals surface area contributed by atoms with Gasteiger partial charge in [0.05, 0.1) is 0 Å². The highest BCUT2D eigenvalue weighted by Crippen LogP contribution is 2.49. The van der Waals surface area contributed by atoms with Crippen molar-refractivity contribution < 1.29 is 4.74 Å². The van der Waals surface area contributed by atoms with Gasteiger partial charge in [0.1, 0.15) is 11.9 Å². The molecule has 4 heteroatoms. The van der Waals surface area contributed by atoms with E-state index in [1.165, 1.54) is 21.9 Å². The molecule has 0 fully saturated rings. The highest BCUT2D eigenvalue weighted by atomic mass is 16.5. The first-order valence-electron chi connectivity index (χ1n) is 16.3. The van der Waals surface area contributed by atoms with Gasteiger partial charge in [0.15, 0.2) is 17.5 Å². The van der Waals surface area contributed by atoms with Crippen molar-refractivity contribution in [3.8, 4) is 50.8 Å². The summed E-state index contributed by atoms with van der Waals surface area (Å²) in [5, 5.41) is 2.49. The second-order valence-electron chi connectivity index (χ2n) is 12.2. The summed E-state index contributed by atoms with van der Waals surface area (Å²) in [4.78, 5) is 15.4. The zero-order chi connectivity index (χ0) is 31.2. The minimum absolute atomic E-state index is 0.0587. The number of nitrogens with zero attached hydrogens (tertiary/aromatic N) is 3. The van der Waals surface area contributed by atoms with E-state index in [9.17, 15) is 0 Å². The Labute approximate surface area is 274 Å². The molecule has 0 amide bonds. The average molecular weight is 606 g/mol. The van der Waals surface area contributed by atoms with Crippen molar-refractivity contribution in [3.63, 3.8) is 0 Å². The van der Waals surface area contributed by atoms with Gasteiger partial charge in [-0.3, -0.25) is 0 Å². The van der Waals surface area contributed by atoms with Crippen LogP contribution in [0, 0.1) is 0 Å². The third kappa shape index (κ3) is 4.90. The molecule has 47 heavy (non-hydrogen) atoms. The predicted molar refractivity (Wildman–Crippen MR) is 191 cm³/mol. The summed E-state index contributed by atoms with van der Waals surface area (Å²) in [6, 6.07) is 38.4. The van der Waals surface area contributed by atoms with Gasteiger partial charge in [-0.25, -0.2) is 15.0 Å². The summed E-state index contributed by atoms with van der Waals surface area (Å²) in [6.07, 6.45) is 17.0. The zero-order valence-electron chi connectivity index (χ0n) is 25.8. The summed E-state index contributed by atoms with van der Waals surface area (Å²) in [5.74, 6) is 2.95. The van der Waals surface area contributed by atoms with Crippen molar-refractivity contribution in [3.05, 3.63) is 163 Å². The molecule has 0 bridgehead atoms. The van der Waals surface area contributed by atoms with E-state index >= 15 is 0 Å². The first-order valence-corrected chi connectivity index (χ1v) is 16.3. The first kappa shape index (κ1) is 27.4. The molecule has 5 aromatic carbocycles. The van der Waals surface area contributed by atoms with E-state index in [1.807, 2.05) is 18.2 Å². The van der Waals surface area contributed by atoms with E-state index < -0.39 is 0 Å². The molecule has 1 aliphatic heterocycles. The fourth-order valence-corrected chi connectivity index (χ4v) is 7.04. The van der Waals surface area contributed by atoms with Crippen molar-refractivity contribution in [2.24, 2.45) is 0 Å². The molecule has 3 aliphatic rings. The molecule has 0 N–H and O–H groups in total. The van der Waals surface area contributed by atoms with Gasteiger partial charge < -0.3 is 4.74 Å². The lowest BCUT2D eigenvalue weighted by molar-refractivity contribution is 0.269. The highest BCUT2D eigenvalue weighted by molar-refractivity contribution is 5.97. The molecular weight excluding hydrogens is 574 g/mol. The minimum atomic E-state index is -0.0587. The number of fused-ring (bicyclic) bond motifs is 4. The molecule has 0 spiro atoms. The summed E-state index contributed by atoms with van der Waals surface area (Å²) >= 11 is 0. The summed E-state index contributed by atoms with van der Waals surface area (Å²) in [7, 11) is 0. The molecule has 2 unspecified atom stereocenters. The van der Waals surface area contributed by atoms with Crippen LogP contribution in [0.3, 0.4) is 0 Å². The predicted octanol–water partition coefficient (Wildman–Crippen LogP) is 10.4. The fraction of sp³-hybridized carbons (Fsp3) is 0.0930. The Balaban J connectivity index is 1.25. The number of rotatable bonds is 5. The normalized spacial score (nSPS) is 17.7.